The Bertz CT molecular complexity index is 1160. The molecule has 0 aliphatic rings. The molecule has 47 heavy (non-hydrogen) atoms. The number of nitrogens with two attached hydrogens (primary N) is 4. The molecule has 0 aromatic carbocycles. The lowest BCUT2D eigenvalue weighted by atomic mass is 9.96. The number of rotatable bonds is 23. The molecule has 0 unspecified atom stereocenters. The molecule has 7 atom stereocenters. The largest absolute Gasteiger partial charge is 0.480 e. The third-order valence-electron chi connectivity index (χ3n) is 8.07. The zero-order valence-corrected chi connectivity index (χ0v) is 28.0. The molecule has 0 saturated heterocycles. The zero-order valence-electron chi connectivity index (χ0n) is 28.0. The Hall–Kier alpha value is -4.25. The van der Waals surface area contributed by atoms with Gasteiger partial charge < -0.3 is 54.3 Å². The number of unbranched alkanes of at least 4 members (excludes halogenated alkanes) is 1. The van der Waals surface area contributed by atoms with Gasteiger partial charge in [-0.15, -0.1) is 0 Å². The lowest BCUT2D eigenvalue weighted by Gasteiger charge is -2.29. The summed E-state index contributed by atoms with van der Waals surface area (Å²) in [5.74, 6) is -4.60. The number of hydrogen-bond acceptors (Lipinski definition) is 9. The number of aliphatic imine (C=N–C) groups is 1. The molecule has 17 heteroatoms. The highest BCUT2D eigenvalue weighted by Gasteiger charge is 2.34. The van der Waals surface area contributed by atoms with Crippen molar-refractivity contribution in [2.75, 3.05) is 13.1 Å². The van der Waals surface area contributed by atoms with Crippen LogP contribution in [0.3, 0.4) is 0 Å². The van der Waals surface area contributed by atoms with E-state index in [1.807, 2.05) is 13.8 Å². The van der Waals surface area contributed by atoms with Gasteiger partial charge in [0.1, 0.15) is 24.2 Å². The molecule has 14 N–H and O–H groups in total. The summed E-state index contributed by atoms with van der Waals surface area (Å²) in [6.07, 6.45) is 6.07. The molecule has 1 rings (SSSR count). The van der Waals surface area contributed by atoms with Crippen molar-refractivity contribution in [3.63, 3.8) is 0 Å². The molecule has 0 aliphatic heterocycles. The van der Waals surface area contributed by atoms with Crippen molar-refractivity contribution in [1.82, 2.24) is 31.2 Å². The number of carbonyl (C=O) groups is 5. The number of aromatic nitrogens is 2. The average molecular weight is 666 g/mol. The highest BCUT2D eigenvalue weighted by atomic mass is 16.4. The van der Waals surface area contributed by atoms with Gasteiger partial charge in [-0.1, -0.05) is 47.0 Å². The van der Waals surface area contributed by atoms with Crippen LogP contribution in [-0.2, 0) is 30.4 Å². The molecule has 0 spiro atoms. The smallest absolute Gasteiger partial charge is 0.326 e. The number of nitrogens with zero attached hydrogens (tertiary/aromatic N) is 2. The fourth-order valence-electron chi connectivity index (χ4n) is 4.67. The second-order valence-corrected chi connectivity index (χ2v) is 11.8. The molecule has 0 aliphatic carbocycles. The van der Waals surface area contributed by atoms with Crippen LogP contribution in [0, 0.1) is 11.8 Å². The van der Waals surface area contributed by atoms with Crippen LogP contribution < -0.4 is 44.2 Å². The van der Waals surface area contributed by atoms with Gasteiger partial charge in [0, 0.05) is 24.9 Å². The van der Waals surface area contributed by atoms with E-state index in [1.54, 1.807) is 13.8 Å². The van der Waals surface area contributed by atoms with Gasteiger partial charge in [0.15, 0.2) is 5.96 Å². The zero-order chi connectivity index (χ0) is 35.5. The molecule has 1 aromatic heterocycles. The SMILES string of the molecule is CC[C@H](C)[C@H](NC(=O)[C@H](Cc1cnc[nH]1)NC(=O)[C@@H](NC(=O)[C@H](CCCN=C(N)N)NC(=O)[C@@H](N)CCCCN)[C@@H](C)CC)C(=O)O. The van der Waals surface area contributed by atoms with Crippen LogP contribution >= 0.6 is 0 Å². The van der Waals surface area contributed by atoms with Crippen molar-refractivity contribution in [3.05, 3.63) is 18.2 Å². The van der Waals surface area contributed by atoms with E-state index < -0.39 is 65.7 Å². The quantitative estimate of drug-likeness (QED) is 0.0367. The first kappa shape index (κ1) is 40.8. The summed E-state index contributed by atoms with van der Waals surface area (Å²) in [4.78, 5) is 76.3. The van der Waals surface area contributed by atoms with Gasteiger partial charge >= 0.3 is 5.97 Å². The van der Waals surface area contributed by atoms with Crippen molar-refractivity contribution in [2.45, 2.75) is 109 Å². The van der Waals surface area contributed by atoms with Crippen molar-refractivity contribution >= 4 is 35.6 Å². The van der Waals surface area contributed by atoms with Crippen molar-refractivity contribution in [1.29, 1.82) is 0 Å². The van der Waals surface area contributed by atoms with Crippen LogP contribution in [0.2, 0.25) is 0 Å². The third kappa shape index (κ3) is 14.8. The van der Waals surface area contributed by atoms with Gasteiger partial charge in [0.05, 0.1) is 12.4 Å². The van der Waals surface area contributed by atoms with E-state index >= 15 is 0 Å². The first-order valence-electron chi connectivity index (χ1n) is 16.2. The lowest BCUT2D eigenvalue weighted by molar-refractivity contribution is -0.144. The van der Waals surface area contributed by atoms with Crippen molar-refractivity contribution in [2.24, 2.45) is 39.8 Å². The first-order valence-corrected chi connectivity index (χ1v) is 16.2. The summed E-state index contributed by atoms with van der Waals surface area (Å²) in [6.45, 7) is 7.78. The molecule has 1 heterocycles. The Balaban J connectivity index is 3.23. The predicted molar refractivity (Wildman–Crippen MR) is 177 cm³/mol. The topological polar surface area (TPSA) is 299 Å². The van der Waals surface area contributed by atoms with Gasteiger partial charge in [0.25, 0.3) is 0 Å². The van der Waals surface area contributed by atoms with E-state index in [9.17, 15) is 29.1 Å². The summed E-state index contributed by atoms with van der Waals surface area (Å²) >= 11 is 0. The fourth-order valence-corrected chi connectivity index (χ4v) is 4.67. The number of carbonyl (C=O) groups excluding carboxylic acids is 4. The maximum absolute atomic E-state index is 13.8. The standard InChI is InChI=1S/C30H55N11O6/c1-5-17(3)23(40-26(43)21(11-9-13-36-30(33)34)38-25(42)20(32)10-7-8-12-31)28(45)39-22(14-19-15-35-16-37-19)27(44)41-24(29(46)47)18(4)6-2/h15-18,20-24H,5-14,31-32H2,1-4H3,(H,35,37)(H,38,42)(H,39,45)(H,40,43)(H,41,44)(H,46,47)(H4,33,34,36)/t17-,18-,20-,21-,22-,23-,24-/m0/s1. The number of carboxylic acid groups (broad SMARTS) is 1. The van der Waals surface area contributed by atoms with Gasteiger partial charge in [0.2, 0.25) is 23.6 Å². The molecule has 0 bridgehead atoms. The fraction of sp³-hybridized carbons (Fsp3) is 0.700. The van der Waals surface area contributed by atoms with E-state index in [1.165, 1.54) is 12.5 Å². The predicted octanol–water partition coefficient (Wildman–Crippen LogP) is -1.42. The van der Waals surface area contributed by atoms with Gasteiger partial charge in [-0.2, -0.15) is 0 Å². The summed E-state index contributed by atoms with van der Waals surface area (Å²) in [5, 5.41) is 20.4. The number of amides is 4. The van der Waals surface area contributed by atoms with E-state index in [0.29, 0.717) is 50.8 Å². The van der Waals surface area contributed by atoms with E-state index in [-0.39, 0.29) is 31.3 Å². The number of imidazole rings is 1. The van der Waals surface area contributed by atoms with Crippen molar-refractivity contribution in [3.8, 4) is 0 Å². The number of carboxylic acids is 1. The summed E-state index contributed by atoms with van der Waals surface area (Å²) < 4.78 is 0. The first-order chi connectivity index (χ1) is 22.2. The summed E-state index contributed by atoms with van der Waals surface area (Å²) in [7, 11) is 0. The second-order valence-electron chi connectivity index (χ2n) is 11.8. The van der Waals surface area contributed by atoms with E-state index in [4.69, 9.17) is 22.9 Å². The van der Waals surface area contributed by atoms with Gasteiger partial charge in [-0.25, -0.2) is 9.78 Å². The average Bonchev–Trinajstić information content (AvgIpc) is 3.55. The highest BCUT2D eigenvalue weighted by molar-refractivity contribution is 5.95. The molecule has 17 nitrogen and oxygen atoms in total. The Morgan fingerprint density at radius 2 is 1.45 bits per heavy atom. The Morgan fingerprint density at radius 3 is 2.00 bits per heavy atom. The maximum Gasteiger partial charge on any atom is 0.326 e. The van der Waals surface area contributed by atoms with Crippen LogP contribution in [0.1, 0.15) is 78.3 Å². The monoisotopic (exact) mass is 665 g/mol. The second kappa shape index (κ2) is 21.5. The number of hydrogen-bond donors (Lipinski definition) is 10. The number of aliphatic carboxylic acids is 1. The van der Waals surface area contributed by atoms with Crippen LogP contribution in [0.15, 0.2) is 17.5 Å². The molecule has 1 aromatic rings. The highest BCUT2D eigenvalue weighted by Crippen LogP contribution is 2.13. The number of guanidine groups is 1. The minimum Gasteiger partial charge on any atom is -0.480 e. The lowest BCUT2D eigenvalue weighted by Crippen LogP contribution is -2.60. The van der Waals surface area contributed by atoms with E-state index in [0.717, 1.165) is 0 Å². The molecular formula is C30H55N11O6. The molecular weight excluding hydrogens is 610 g/mol. The molecule has 4 amide bonds. The van der Waals surface area contributed by atoms with Crippen LogP contribution in [0.4, 0.5) is 0 Å². The Morgan fingerprint density at radius 1 is 0.851 bits per heavy atom. The molecule has 0 saturated carbocycles. The molecule has 0 fully saturated rings. The Kier molecular flexibility index (Phi) is 18.7. The minimum atomic E-state index is -1.20. The van der Waals surface area contributed by atoms with E-state index in [2.05, 4.69) is 36.2 Å². The Labute approximate surface area is 276 Å². The number of nitrogens with one attached hydrogen (secondary N) is 5. The third-order valence-corrected chi connectivity index (χ3v) is 8.07. The summed E-state index contributed by atoms with van der Waals surface area (Å²) in [6, 6.07) is -5.41. The minimum absolute atomic E-state index is 0.0168. The number of H-pyrrole nitrogens is 1. The maximum atomic E-state index is 13.8. The van der Waals surface area contributed by atoms with Gasteiger partial charge in [-0.3, -0.25) is 24.2 Å². The molecule has 266 valence electrons. The summed E-state index contributed by atoms with van der Waals surface area (Å²) in [5.41, 5.74) is 22.9. The number of aromatic amines is 1. The van der Waals surface area contributed by atoms with Crippen LogP contribution in [-0.4, -0.2) is 93.9 Å². The van der Waals surface area contributed by atoms with Crippen LogP contribution in [0.25, 0.3) is 0 Å². The van der Waals surface area contributed by atoms with Crippen molar-refractivity contribution < 1.29 is 29.1 Å². The molecule has 0 radical (unpaired) electrons. The van der Waals surface area contributed by atoms with Gasteiger partial charge in [-0.05, 0) is 44.1 Å². The van der Waals surface area contributed by atoms with Crippen LogP contribution in [0.5, 0.6) is 0 Å². The normalized spacial score (nSPS) is 15.5.